The maximum atomic E-state index is 14.7. The number of ether oxygens (including phenoxy) is 2. The molecule has 0 aromatic heterocycles. The van der Waals surface area contributed by atoms with E-state index in [0.29, 0.717) is 42.9 Å². The van der Waals surface area contributed by atoms with Crippen molar-refractivity contribution in [3.63, 3.8) is 0 Å². The van der Waals surface area contributed by atoms with Crippen LogP contribution >= 0.6 is 7.60 Å². The molecule has 0 aromatic rings. The first kappa shape index (κ1) is 64.1. The normalized spacial score (nSPS) is 28.6. The van der Waals surface area contributed by atoms with Crippen molar-refractivity contribution in [2.24, 2.45) is 46.3 Å². The molecule has 0 heterocycles. The highest BCUT2D eigenvalue weighted by Gasteiger charge is 2.63. The number of esters is 2. The van der Waals surface area contributed by atoms with Crippen LogP contribution < -0.4 is 0 Å². The molecule has 0 bridgehead atoms. The van der Waals surface area contributed by atoms with Crippen LogP contribution in [0.5, 0.6) is 0 Å². The second-order valence-corrected chi connectivity index (χ2v) is 27.5. The molecule has 424 valence electrons. The van der Waals surface area contributed by atoms with Crippen molar-refractivity contribution in [2.45, 2.75) is 317 Å². The van der Waals surface area contributed by atoms with Crippen molar-refractivity contribution in [1.82, 2.24) is 0 Å². The lowest BCUT2D eigenvalue weighted by atomic mass is 9.43. The van der Waals surface area contributed by atoms with Gasteiger partial charge in [-0.15, -0.1) is 0 Å². The molecule has 7 nitrogen and oxygen atoms in total. The Labute approximate surface area is 451 Å². The zero-order chi connectivity index (χ0) is 52.8. The van der Waals surface area contributed by atoms with E-state index in [-0.39, 0.29) is 37.0 Å². The number of rotatable bonds is 41. The summed E-state index contributed by atoms with van der Waals surface area (Å²) in [5.74, 6) is 3.63. The van der Waals surface area contributed by atoms with E-state index in [2.05, 4.69) is 72.8 Å². The Morgan fingerprint density at radius 3 is 1.62 bits per heavy atom. The van der Waals surface area contributed by atoms with Crippen molar-refractivity contribution in [3.05, 3.63) is 24.3 Å². The third kappa shape index (κ3) is 20.7. The quantitative estimate of drug-likeness (QED) is 0.0282. The predicted octanol–water partition coefficient (Wildman–Crippen LogP) is 20.0. The Kier molecular flexibility index (Phi) is 30.9. The smallest absolute Gasteiger partial charge is 0.334 e. The minimum absolute atomic E-state index is 0.164. The van der Waals surface area contributed by atoms with Gasteiger partial charge in [0.1, 0.15) is 6.61 Å². The summed E-state index contributed by atoms with van der Waals surface area (Å²) in [5, 5.41) is -0.833. The van der Waals surface area contributed by atoms with E-state index >= 15 is 0 Å². The second kappa shape index (κ2) is 35.2. The fraction of sp³-hybridized carbons (Fsp3) is 0.908. The summed E-state index contributed by atoms with van der Waals surface area (Å²) >= 11 is 0. The summed E-state index contributed by atoms with van der Waals surface area (Å²) in [5.41, 5.74) is 0.633. The van der Waals surface area contributed by atoms with Gasteiger partial charge in [-0.2, -0.15) is 0 Å². The molecule has 4 saturated carbocycles. The van der Waals surface area contributed by atoms with Gasteiger partial charge in [0, 0.05) is 12.8 Å². The standard InChI is InChI=1S/C65H117O7P/c1-8-12-14-16-18-20-22-24-26-28-30-32-34-36-38-41-61(66)70-52-56(72-62(67)42-39-37-35-33-31-29-27-25-23-21-19-17-15-13-9-2)53-71-73(68,69)65(11-4)50-49-63(6)55(51-65)43-44-57-59-46-45-58(54(5)40-10-3)64(59,7)48-47-60(57)63/h24-27,54-60H,8-23,28-53H2,1-7H3,(H,68,69)/t54-,55?,56-,57?,58-,59?,60?,63+,64-,65?/m1/s1. The highest BCUT2D eigenvalue weighted by atomic mass is 31.2. The summed E-state index contributed by atoms with van der Waals surface area (Å²) in [6.07, 6.45) is 53.2. The number of hydrogen-bond donors (Lipinski definition) is 1. The van der Waals surface area contributed by atoms with E-state index < -0.39 is 18.9 Å². The van der Waals surface area contributed by atoms with Gasteiger partial charge in [-0.25, -0.2) is 0 Å². The van der Waals surface area contributed by atoms with Crippen LogP contribution in [0.2, 0.25) is 0 Å². The van der Waals surface area contributed by atoms with E-state index in [9.17, 15) is 19.0 Å². The number of fused-ring (bicyclic) bond motifs is 5. The van der Waals surface area contributed by atoms with E-state index in [1.54, 1.807) is 0 Å². The van der Waals surface area contributed by atoms with Gasteiger partial charge in [-0.3, -0.25) is 14.2 Å². The highest BCUT2D eigenvalue weighted by Crippen LogP contribution is 2.73. The Balaban J connectivity index is 1.25. The van der Waals surface area contributed by atoms with Crippen molar-refractivity contribution < 1.29 is 33.0 Å². The molecular weight excluding hydrogens is 924 g/mol. The summed E-state index contributed by atoms with van der Waals surface area (Å²) in [4.78, 5) is 38.4. The lowest BCUT2D eigenvalue weighted by Gasteiger charge is -2.63. The van der Waals surface area contributed by atoms with Crippen LogP contribution in [0.1, 0.15) is 305 Å². The number of allylic oxidation sites excluding steroid dienone is 4. The highest BCUT2D eigenvalue weighted by molar-refractivity contribution is 7.54. The van der Waals surface area contributed by atoms with Gasteiger partial charge in [-0.1, -0.05) is 188 Å². The van der Waals surface area contributed by atoms with E-state index in [1.165, 1.54) is 148 Å². The Morgan fingerprint density at radius 2 is 1.08 bits per heavy atom. The van der Waals surface area contributed by atoms with E-state index in [1.807, 2.05) is 0 Å². The molecule has 0 spiro atoms. The second-order valence-electron chi connectivity index (χ2n) is 25.2. The molecule has 0 aromatic carbocycles. The van der Waals surface area contributed by atoms with E-state index in [4.69, 9.17) is 14.0 Å². The Morgan fingerprint density at radius 1 is 0.575 bits per heavy atom. The van der Waals surface area contributed by atoms with Gasteiger partial charge in [0.15, 0.2) is 6.10 Å². The molecule has 4 rings (SSSR count). The summed E-state index contributed by atoms with van der Waals surface area (Å²) in [7, 11) is -4.17. The number of unbranched alkanes of at least 4 members (excludes halogenated alkanes) is 22. The van der Waals surface area contributed by atoms with Gasteiger partial charge in [0.2, 0.25) is 0 Å². The molecular formula is C65H117O7P. The minimum Gasteiger partial charge on any atom is -0.462 e. The lowest BCUT2D eigenvalue weighted by molar-refractivity contribution is -0.161. The molecule has 6 unspecified atom stereocenters. The van der Waals surface area contributed by atoms with Gasteiger partial charge >= 0.3 is 19.5 Å². The molecule has 0 radical (unpaired) electrons. The molecule has 11 atom stereocenters. The Hall–Kier alpha value is -1.43. The molecule has 8 heteroatoms. The first-order chi connectivity index (χ1) is 35.3. The zero-order valence-electron chi connectivity index (χ0n) is 48.9. The maximum absolute atomic E-state index is 14.7. The van der Waals surface area contributed by atoms with Crippen molar-refractivity contribution in [2.75, 3.05) is 13.2 Å². The topological polar surface area (TPSA) is 99.1 Å². The zero-order valence-corrected chi connectivity index (χ0v) is 49.8. The molecule has 0 saturated heterocycles. The third-order valence-corrected chi connectivity index (χ3v) is 22.5. The monoisotopic (exact) mass is 1040 g/mol. The van der Waals surface area contributed by atoms with Crippen LogP contribution in [0.25, 0.3) is 0 Å². The van der Waals surface area contributed by atoms with Crippen LogP contribution in [-0.4, -0.2) is 41.3 Å². The molecule has 4 fully saturated rings. The van der Waals surface area contributed by atoms with Gasteiger partial charge in [-0.05, 0) is 175 Å². The summed E-state index contributed by atoms with van der Waals surface area (Å²) in [6, 6.07) is 0. The minimum atomic E-state index is -4.17. The largest absolute Gasteiger partial charge is 0.462 e. The third-order valence-electron chi connectivity index (χ3n) is 20.0. The SMILES string of the molecule is CCCCCCCCC=CCCCCCCCC(=O)OC[C@H](COP(=O)(O)C1(CC)CC[C@@]2(C)C(CCC3C2CC[C@@]2(C)C3CC[C@@H]2[C@H](C)CCC)C1)OC(=O)CCCCCCCC=CCCCCCCCC. The van der Waals surface area contributed by atoms with Crippen LogP contribution in [0.15, 0.2) is 24.3 Å². The lowest BCUT2D eigenvalue weighted by Crippen LogP contribution is -2.56. The molecule has 4 aliphatic rings. The average molecular weight is 1040 g/mol. The van der Waals surface area contributed by atoms with Crippen molar-refractivity contribution in [1.29, 1.82) is 0 Å². The fourth-order valence-electron chi connectivity index (χ4n) is 15.4. The summed E-state index contributed by atoms with van der Waals surface area (Å²) in [6.45, 7) is 16.2. The average Bonchev–Trinajstić information content (AvgIpc) is 3.74. The number of hydrogen-bond acceptors (Lipinski definition) is 6. The van der Waals surface area contributed by atoms with Crippen LogP contribution in [0.4, 0.5) is 0 Å². The van der Waals surface area contributed by atoms with Gasteiger partial charge < -0.3 is 18.9 Å². The molecule has 4 aliphatic carbocycles. The molecule has 0 amide bonds. The Bertz CT molecular complexity index is 1610. The first-order valence-electron chi connectivity index (χ1n) is 31.9. The van der Waals surface area contributed by atoms with Gasteiger partial charge in [0.25, 0.3) is 0 Å². The van der Waals surface area contributed by atoms with Gasteiger partial charge in [0.05, 0.1) is 11.8 Å². The molecule has 73 heavy (non-hydrogen) atoms. The first-order valence-corrected chi connectivity index (χ1v) is 33.5. The molecule has 1 N–H and O–H groups in total. The fourth-order valence-corrected chi connectivity index (χ4v) is 17.2. The summed E-state index contributed by atoms with van der Waals surface area (Å²) < 4.78 is 32.6. The number of carbonyl (C=O) groups is 2. The van der Waals surface area contributed by atoms with E-state index in [0.717, 1.165) is 101 Å². The van der Waals surface area contributed by atoms with Crippen molar-refractivity contribution >= 4 is 19.5 Å². The predicted molar refractivity (Wildman–Crippen MR) is 308 cm³/mol. The van der Waals surface area contributed by atoms with Crippen molar-refractivity contribution in [3.8, 4) is 0 Å². The van der Waals surface area contributed by atoms with Crippen LogP contribution in [0, 0.1) is 46.3 Å². The van der Waals surface area contributed by atoms with Crippen LogP contribution in [0.3, 0.4) is 0 Å². The van der Waals surface area contributed by atoms with Crippen LogP contribution in [-0.2, 0) is 28.2 Å². The number of carbonyl (C=O) groups excluding carboxylic acids is 2. The maximum Gasteiger partial charge on any atom is 0.334 e. The molecule has 0 aliphatic heterocycles.